The molecule has 6 heteroatoms. The van der Waals surface area contributed by atoms with Gasteiger partial charge < -0.3 is 10.6 Å². The number of carbonyl (C=O) groups is 2. The number of benzene rings is 2. The van der Waals surface area contributed by atoms with Crippen LogP contribution >= 0.6 is 0 Å². The molecule has 0 aliphatic rings. The Hall–Kier alpha value is -2.76. The van der Waals surface area contributed by atoms with E-state index >= 15 is 0 Å². The van der Waals surface area contributed by atoms with Gasteiger partial charge in [-0.3, -0.25) is 9.59 Å². The lowest BCUT2D eigenvalue weighted by Crippen LogP contribution is -2.14. The number of rotatable bonds is 5. The van der Waals surface area contributed by atoms with Gasteiger partial charge in [-0.15, -0.1) is 0 Å². The molecular formula is C17H16F2N2O2. The molecular weight excluding hydrogens is 302 g/mol. The molecule has 4 nitrogen and oxygen atoms in total. The average Bonchev–Trinajstić information content (AvgIpc) is 2.46. The van der Waals surface area contributed by atoms with E-state index in [-0.39, 0.29) is 17.2 Å². The maximum absolute atomic E-state index is 13.1. The molecule has 0 aliphatic carbocycles. The van der Waals surface area contributed by atoms with E-state index in [9.17, 15) is 18.4 Å². The van der Waals surface area contributed by atoms with E-state index in [0.29, 0.717) is 12.1 Å². The van der Waals surface area contributed by atoms with Gasteiger partial charge in [0, 0.05) is 29.4 Å². The minimum Gasteiger partial charge on any atom is -0.326 e. The topological polar surface area (TPSA) is 58.2 Å². The molecule has 0 atom stereocenters. The Morgan fingerprint density at radius 1 is 0.957 bits per heavy atom. The first-order chi connectivity index (χ1) is 11.0. The highest BCUT2D eigenvalue weighted by atomic mass is 19.1. The van der Waals surface area contributed by atoms with E-state index in [1.54, 1.807) is 18.2 Å². The van der Waals surface area contributed by atoms with Crippen molar-refractivity contribution in [2.45, 2.75) is 19.8 Å². The van der Waals surface area contributed by atoms with Crippen molar-refractivity contribution in [1.29, 1.82) is 0 Å². The zero-order valence-electron chi connectivity index (χ0n) is 12.5. The van der Waals surface area contributed by atoms with E-state index in [1.807, 2.05) is 6.92 Å². The van der Waals surface area contributed by atoms with Crippen LogP contribution in [0.1, 0.15) is 30.1 Å². The monoisotopic (exact) mass is 318 g/mol. The highest BCUT2D eigenvalue weighted by Crippen LogP contribution is 2.16. The van der Waals surface area contributed by atoms with Gasteiger partial charge >= 0.3 is 0 Å². The molecule has 2 rings (SSSR count). The zero-order valence-corrected chi connectivity index (χ0v) is 12.5. The van der Waals surface area contributed by atoms with Crippen LogP contribution in [0.4, 0.5) is 20.2 Å². The molecule has 0 saturated heterocycles. The van der Waals surface area contributed by atoms with Crippen LogP contribution in [0.3, 0.4) is 0 Å². The van der Waals surface area contributed by atoms with E-state index in [4.69, 9.17) is 0 Å². The number of hydrogen-bond acceptors (Lipinski definition) is 2. The molecule has 0 unspecified atom stereocenters. The van der Waals surface area contributed by atoms with Gasteiger partial charge in [-0.05, 0) is 36.8 Å². The third kappa shape index (κ3) is 4.88. The lowest BCUT2D eigenvalue weighted by molar-refractivity contribution is -0.116. The Morgan fingerprint density at radius 3 is 2.30 bits per heavy atom. The van der Waals surface area contributed by atoms with E-state index in [1.165, 1.54) is 6.07 Å². The molecule has 2 aromatic carbocycles. The molecule has 2 aromatic rings. The maximum atomic E-state index is 13.1. The molecule has 120 valence electrons. The number of amides is 2. The van der Waals surface area contributed by atoms with Crippen LogP contribution in [0.2, 0.25) is 0 Å². The predicted octanol–water partition coefficient (Wildman–Crippen LogP) is 3.96. The van der Waals surface area contributed by atoms with E-state index < -0.39 is 17.5 Å². The first-order valence-electron chi connectivity index (χ1n) is 7.15. The Morgan fingerprint density at radius 2 is 1.65 bits per heavy atom. The largest absolute Gasteiger partial charge is 0.326 e. The van der Waals surface area contributed by atoms with Gasteiger partial charge in [-0.25, -0.2) is 8.78 Å². The van der Waals surface area contributed by atoms with Gasteiger partial charge in [0.1, 0.15) is 11.6 Å². The summed E-state index contributed by atoms with van der Waals surface area (Å²) in [6.45, 7) is 1.89. The fourth-order valence-corrected chi connectivity index (χ4v) is 2.02. The number of anilines is 2. The summed E-state index contributed by atoms with van der Waals surface area (Å²) < 4.78 is 26.2. The quantitative estimate of drug-likeness (QED) is 0.877. The molecule has 0 radical (unpaired) electrons. The summed E-state index contributed by atoms with van der Waals surface area (Å²) in [6.07, 6.45) is 1.11. The van der Waals surface area contributed by atoms with Gasteiger partial charge in [0.05, 0.1) is 0 Å². The molecule has 0 saturated carbocycles. The first kappa shape index (κ1) is 16.6. The summed E-state index contributed by atoms with van der Waals surface area (Å²) in [6, 6.07) is 9.08. The van der Waals surface area contributed by atoms with Crippen LogP contribution in [0, 0.1) is 11.6 Å². The zero-order chi connectivity index (χ0) is 16.8. The number of halogens is 2. The van der Waals surface area contributed by atoms with Crippen molar-refractivity contribution in [3.63, 3.8) is 0 Å². The van der Waals surface area contributed by atoms with Gasteiger partial charge in [0.2, 0.25) is 5.91 Å². The predicted molar refractivity (Wildman–Crippen MR) is 84.3 cm³/mol. The van der Waals surface area contributed by atoms with Crippen LogP contribution in [0.25, 0.3) is 0 Å². The second kappa shape index (κ2) is 7.49. The Balaban J connectivity index is 2.11. The molecule has 0 heterocycles. The standard InChI is InChI=1S/C17H16F2N2O2/c1-2-4-16(22)20-14-6-3-5-11(7-14)17(23)21-15-9-12(18)8-13(19)10-15/h3,5-10H,2,4H2,1H3,(H,20,22)(H,21,23). The summed E-state index contributed by atoms with van der Waals surface area (Å²) in [5.41, 5.74) is 0.776. The molecule has 0 bridgehead atoms. The molecule has 2 amide bonds. The van der Waals surface area contributed by atoms with Crippen molar-refractivity contribution in [2.75, 3.05) is 10.6 Å². The third-order valence-electron chi connectivity index (χ3n) is 3.01. The van der Waals surface area contributed by atoms with Crippen molar-refractivity contribution < 1.29 is 18.4 Å². The second-order valence-electron chi connectivity index (χ2n) is 4.99. The molecule has 0 aromatic heterocycles. The molecule has 0 aliphatic heterocycles. The first-order valence-corrected chi connectivity index (χ1v) is 7.15. The normalized spacial score (nSPS) is 10.2. The minimum atomic E-state index is -0.777. The summed E-state index contributed by atoms with van der Waals surface area (Å²) in [4.78, 5) is 23.7. The number of hydrogen-bond donors (Lipinski definition) is 2. The van der Waals surface area contributed by atoms with Gasteiger partial charge in [-0.2, -0.15) is 0 Å². The lowest BCUT2D eigenvalue weighted by Gasteiger charge is -2.08. The van der Waals surface area contributed by atoms with Crippen LogP contribution < -0.4 is 10.6 Å². The molecule has 2 N–H and O–H groups in total. The summed E-state index contributed by atoms with van der Waals surface area (Å²) >= 11 is 0. The average molecular weight is 318 g/mol. The third-order valence-corrected chi connectivity index (χ3v) is 3.01. The van der Waals surface area contributed by atoms with Crippen LogP contribution in [-0.4, -0.2) is 11.8 Å². The highest BCUT2D eigenvalue weighted by Gasteiger charge is 2.09. The lowest BCUT2D eigenvalue weighted by atomic mass is 10.1. The minimum absolute atomic E-state index is 0.0212. The Labute approximate surface area is 132 Å². The number of carbonyl (C=O) groups excluding carboxylic acids is 2. The summed E-state index contributed by atoms with van der Waals surface area (Å²) in [7, 11) is 0. The van der Waals surface area contributed by atoms with Crippen molar-refractivity contribution >= 4 is 23.2 Å². The molecule has 23 heavy (non-hydrogen) atoms. The van der Waals surface area contributed by atoms with E-state index in [2.05, 4.69) is 10.6 Å². The summed E-state index contributed by atoms with van der Waals surface area (Å²) in [5.74, 6) is -2.22. The Bertz CT molecular complexity index is 712. The van der Waals surface area contributed by atoms with Gasteiger partial charge in [0.25, 0.3) is 5.91 Å². The maximum Gasteiger partial charge on any atom is 0.255 e. The van der Waals surface area contributed by atoms with Crippen molar-refractivity contribution in [1.82, 2.24) is 0 Å². The van der Waals surface area contributed by atoms with E-state index in [0.717, 1.165) is 24.6 Å². The number of nitrogens with one attached hydrogen (secondary N) is 2. The summed E-state index contributed by atoms with van der Waals surface area (Å²) in [5, 5.41) is 5.10. The molecule has 0 spiro atoms. The Kier molecular flexibility index (Phi) is 5.41. The van der Waals surface area contributed by atoms with Crippen LogP contribution in [-0.2, 0) is 4.79 Å². The van der Waals surface area contributed by atoms with Crippen molar-refractivity contribution in [3.05, 3.63) is 59.7 Å². The molecule has 0 fully saturated rings. The van der Waals surface area contributed by atoms with Crippen molar-refractivity contribution in [3.8, 4) is 0 Å². The fourth-order valence-electron chi connectivity index (χ4n) is 2.02. The fraction of sp³-hybridized carbons (Fsp3) is 0.176. The van der Waals surface area contributed by atoms with Gasteiger partial charge in [0.15, 0.2) is 0 Å². The smallest absolute Gasteiger partial charge is 0.255 e. The van der Waals surface area contributed by atoms with Crippen molar-refractivity contribution in [2.24, 2.45) is 0 Å². The SMILES string of the molecule is CCCC(=O)Nc1cccc(C(=O)Nc2cc(F)cc(F)c2)c1. The van der Waals surface area contributed by atoms with Gasteiger partial charge in [-0.1, -0.05) is 13.0 Å². The van der Waals surface area contributed by atoms with Crippen LogP contribution in [0.5, 0.6) is 0 Å². The highest BCUT2D eigenvalue weighted by molar-refractivity contribution is 6.05. The van der Waals surface area contributed by atoms with Crippen LogP contribution in [0.15, 0.2) is 42.5 Å². The second-order valence-corrected chi connectivity index (χ2v) is 4.99.